The van der Waals surface area contributed by atoms with Gasteiger partial charge in [0.1, 0.15) is 0 Å². The minimum atomic E-state index is -2.75. The minimum Gasteiger partial charge on any atom is -0.240 e. The van der Waals surface area contributed by atoms with E-state index in [0.29, 0.717) is 0 Å². The Morgan fingerprint density at radius 3 is 1.07 bits per heavy atom. The number of nitrogens with zero attached hydrogens (tertiary/aromatic N) is 3. The van der Waals surface area contributed by atoms with Crippen LogP contribution in [-0.4, -0.2) is 21.3 Å². The number of hydrogen-bond acceptors (Lipinski definition) is 3. The number of fused-ring (bicyclic) bond motifs is 3. The quantitative estimate of drug-likeness (QED) is 0.122. The zero-order chi connectivity index (χ0) is 38.1. The maximum atomic E-state index is 2.46. The van der Waals surface area contributed by atoms with Crippen molar-refractivity contribution < 1.29 is 0 Å². The molecule has 0 bridgehead atoms. The van der Waals surface area contributed by atoms with Crippen molar-refractivity contribution in [3.63, 3.8) is 0 Å². The van der Waals surface area contributed by atoms with Gasteiger partial charge in [0.25, 0.3) is 0 Å². The number of rotatable bonds is 9. The maximum absolute atomic E-state index is 2.75. The molecule has 0 fully saturated rings. The Morgan fingerprint density at radius 1 is 0.281 bits per heavy atom. The number of hydrogen-bond donors (Lipinski definition) is 0. The third-order valence-corrected chi connectivity index (χ3v) is 21.2. The highest BCUT2D eigenvalue weighted by atomic mass is 28.3. The van der Waals surface area contributed by atoms with Gasteiger partial charge < -0.3 is 0 Å². The molecule has 2 aliphatic heterocycles. The molecule has 2 heterocycles. The SMILES string of the molecule is C1=CN2c3cc([Si](c4ccccc4)(c4ccccc4)c4ccccc4)ccc3N(c3cccc([Si](c4ccccc4)(c4ccccc4)c4ccccc4)c3)N2C=C1. The lowest BCUT2D eigenvalue weighted by atomic mass is 10.2. The van der Waals surface area contributed by atoms with E-state index in [0.717, 1.165) is 17.1 Å². The Kier molecular flexibility index (Phi) is 8.86. The van der Waals surface area contributed by atoms with Crippen molar-refractivity contribution in [2.24, 2.45) is 0 Å². The molecule has 0 saturated carbocycles. The summed E-state index contributed by atoms with van der Waals surface area (Å²) in [6.45, 7) is 0. The Morgan fingerprint density at radius 2 is 0.649 bits per heavy atom. The van der Waals surface area contributed by atoms with Crippen LogP contribution in [0.15, 0.2) is 249 Å². The summed E-state index contributed by atoms with van der Waals surface area (Å²) >= 11 is 0. The molecule has 0 unspecified atom stereocenters. The van der Waals surface area contributed by atoms with Gasteiger partial charge in [0.05, 0.1) is 17.1 Å². The second-order valence-corrected chi connectivity index (χ2v) is 22.2. The van der Waals surface area contributed by atoms with Gasteiger partial charge in [0, 0.05) is 12.4 Å². The van der Waals surface area contributed by atoms with Crippen molar-refractivity contribution >= 4 is 74.7 Å². The fourth-order valence-corrected chi connectivity index (χ4v) is 18.8. The monoisotopic (exact) mass is 763 g/mol. The molecule has 272 valence electrons. The number of allylic oxidation sites excluding steroid dienone is 2. The predicted octanol–water partition coefficient (Wildman–Crippen LogP) is 6.57. The second kappa shape index (κ2) is 14.6. The van der Waals surface area contributed by atoms with E-state index in [1.54, 1.807) is 0 Å². The highest BCUT2D eigenvalue weighted by Crippen LogP contribution is 2.44. The van der Waals surface area contributed by atoms with Crippen LogP contribution in [0.4, 0.5) is 17.1 Å². The smallest absolute Gasteiger partial charge is 0.179 e. The predicted molar refractivity (Wildman–Crippen MR) is 245 cm³/mol. The van der Waals surface area contributed by atoms with E-state index in [1.165, 1.54) is 41.5 Å². The van der Waals surface area contributed by atoms with Crippen molar-refractivity contribution in [2.75, 3.05) is 10.0 Å². The molecule has 57 heavy (non-hydrogen) atoms. The van der Waals surface area contributed by atoms with Crippen LogP contribution in [0.25, 0.3) is 0 Å². The fourth-order valence-electron chi connectivity index (χ4n) is 9.24. The molecule has 0 radical (unpaired) electrons. The maximum Gasteiger partial charge on any atom is 0.179 e. The van der Waals surface area contributed by atoms with E-state index in [1.807, 2.05) is 0 Å². The van der Waals surface area contributed by atoms with Gasteiger partial charge in [-0.1, -0.05) is 200 Å². The van der Waals surface area contributed by atoms with Crippen LogP contribution in [0.1, 0.15) is 0 Å². The Balaban J connectivity index is 1.19. The van der Waals surface area contributed by atoms with Crippen LogP contribution >= 0.6 is 0 Å². The van der Waals surface area contributed by atoms with E-state index >= 15 is 0 Å². The van der Waals surface area contributed by atoms with E-state index in [-0.39, 0.29) is 0 Å². The highest BCUT2D eigenvalue weighted by molar-refractivity contribution is 7.20. The molecule has 10 rings (SSSR count). The van der Waals surface area contributed by atoms with Crippen molar-refractivity contribution in [1.29, 1.82) is 0 Å². The van der Waals surface area contributed by atoms with E-state index < -0.39 is 16.1 Å². The summed E-state index contributed by atoms with van der Waals surface area (Å²) in [4.78, 5) is 0. The van der Waals surface area contributed by atoms with Crippen molar-refractivity contribution in [1.82, 2.24) is 5.12 Å². The molecular weight excluding hydrogens is 723 g/mol. The third-order valence-electron chi connectivity index (χ3n) is 11.6. The van der Waals surface area contributed by atoms with Gasteiger partial charge in [-0.2, -0.15) is 5.12 Å². The Labute approximate surface area is 337 Å². The molecule has 3 nitrogen and oxygen atoms in total. The van der Waals surface area contributed by atoms with Crippen LogP contribution < -0.4 is 51.5 Å². The van der Waals surface area contributed by atoms with Crippen molar-refractivity contribution in [2.45, 2.75) is 0 Å². The van der Waals surface area contributed by atoms with Gasteiger partial charge in [-0.15, -0.1) is 0 Å². The van der Waals surface area contributed by atoms with Gasteiger partial charge >= 0.3 is 0 Å². The van der Waals surface area contributed by atoms with Gasteiger partial charge in [-0.3, -0.25) is 0 Å². The van der Waals surface area contributed by atoms with E-state index in [4.69, 9.17) is 0 Å². The molecule has 0 aromatic heterocycles. The molecule has 0 aliphatic carbocycles. The first-order chi connectivity index (χ1) is 28.3. The zero-order valence-corrected chi connectivity index (χ0v) is 33.5. The van der Waals surface area contributed by atoms with Crippen LogP contribution in [0.5, 0.6) is 0 Å². The topological polar surface area (TPSA) is 9.72 Å². The molecule has 0 N–H and O–H groups in total. The normalized spacial score (nSPS) is 13.4. The lowest BCUT2D eigenvalue weighted by molar-refractivity contribution is 0.408. The molecule has 8 aromatic rings. The lowest BCUT2D eigenvalue weighted by Crippen LogP contribution is -2.74. The van der Waals surface area contributed by atoms with E-state index in [9.17, 15) is 0 Å². The first-order valence-corrected chi connectivity index (χ1v) is 23.6. The standard InChI is InChI=1S/C52H41N3Si2/c1-7-23-43(24-8-1)56(44-25-9-2-10-26-44,45-27-11-3-12-28-45)49-35-21-22-42(40-49)55-51-37-36-50(41-52(51)53-38-19-20-39-54(53)55)57(46-29-13-4-14-30-46,47-31-15-5-16-32-47)48-33-17-6-18-34-48/h1-41H. The van der Waals surface area contributed by atoms with Gasteiger partial charge in [0.15, 0.2) is 16.1 Å². The number of hydrazine groups is 2. The summed E-state index contributed by atoms with van der Waals surface area (Å²) in [5.74, 6) is 0. The molecule has 0 saturated heterocycles. The van der Waals surface area contributed by atoms with Crippen molar-refractivity contribution in [3.05, 3.63) is 249 Å². The first-order valence-electron chi connectivity index (χ1n) is 19.6. The average molecular weight is 764 g/mol. The summed E-state index contributed by atoms with van der Waals surface area (Å²) in [5.41, 5.74) is 3.40. The summed E-state index contributed by atoms with van der Waals surface area (Å²) < 4.78 is 0. The average Bonchev–Trinajstić information content (AvgIpc) is 3.63. The van der Waals surface area contributed by atoms with Crippen LogP contribution in [0.3, 0.4) is 0 Å². The number of anilines is 3. The third kappa shape index (κ3) is 5.62. The molecule has 0 spiro atoms. The second-order valence-electron chi connectivity index (χ2n) is 14.6. The summed E-state index contributed by atoms with van der Waals surface area (Å²) in [5, 5.41) is 17.8. The molecule has 8 aromatic carbocycles. The van der Waals surface area contributed by atoms with Crippen LogP contribution in [-0.2, 0) is 0 Å². The number of benzene rings is 8. The highest BCUT2D eigenvalue weighted by Gasteiger charge is 2.45. The van der Waals surface area contributed by atoms with Gasteiger partial charge in [-0.25, -0.2) is 10.0 Å². The summed E-state index contributed by atoms with van der Waals surface area (Å²) in [6, 6.07) is 83.5. The van der Waals surface area contributed by atoms with Gasteiger partial charge in [0.2, 0.25) is 0 Å². The molecule has 5 heteroatoms. The minimum absolute atomic E-state index is 1.11. The van der Waals surface area contributed by atoms with Crippen LogP contribution in [0, 0.1) is 0 Å². The largest absolute Gasteiger partial charge is 0.240 e. The molecule has 2 aliphatic rings. The first kappa shape index (κ1) is 34.6. The van der Waals surface area contributed by atoms with Crippen LogP contribution in [0.2, 0.25) is 0 Å². The summed E-state index contributed by atoms with van der Waals surface area (Å²) in [7, 11) is -5.50. The molecular formula is C52H41N3Si2. The lowest BCUT2D eigenvalue weighted by Gasteiger charge is -2.37. The Hall–Kier alpha value is -6.93. The zero-order valence-electron chi connectivity index (χ0n) is 31.5. The fraction of sp³-hybridized carbons (Fsp3) is 0. The molecule has 0 amide bonds. The van der Waals surface area contributed by atoms with Crippen molar-refractivity contribution in [3.8, 4) is 0 Å². The molecule has 0 atom stereocenters. The van der Waals surface area contributed by atoms with Gasteiger partial charge in [-0.05, 0) is 77.9 Å². The Bertz CT molecular complexity index is 2490. The summed E-state index contributed by atoms with van der Waals surface area (Å²) in [6.07, 6.45) is 8.59. The van der Waals surface area contributed by atoms with E-state index in [2.05, 4.69) is 264 Å².